The lowest BCUT2D eigenvalue weighted by molar-refractivity contribution is 0.0951. The van der Waals surface area contributed by atoms with Crippen LogP contribution in [-0.4, -0.2) is 15.9 Å². The van der Waals surface area contributed by atoms with Gasteiger partial charge in [-0.05, 0) is 52.7 Å². The standard InChI is InChI=1S/C20H15N3OS/c24-20(23-13-15-4-3-6-19-16(15)8-11-25-19)14-7-10-22-18(12-14)17-5-1-2-9-21-17/h1-12H,13H2,(H,23,24). The van der Waals surface area contributed by atoms with E-state index in [4.69, 9.17) is 0 Å². The molecular formula is C20H15N3OS. The fraction of sp³-hybridized carbons (Fsp3) is 0.0500. The molecule has 1 N–H and O–H groups in total. The van der Waals surface area contributed by atoms with Crippen molar-refractivity contribution in [1.82, 2.24) is 15.3 Å². The highest BCUT2D eigenvalue weighted by Gasteiger charge is 2.09. The van der Waals surface area contributed by atoms with E-state index in [-0.39, 0.29) is 5.91 Å². The molecule has 4 aromatic rings. The van der Waals surface area contributed by atoms with Crippen LogP contribution in [0.3, 0.4) is 0 Å². The number of pyridine rings is 2. The lowest BCUT2D eigenvalue weighted by Gasteiger charge is -2.08. The predicted molar refractivity (Wildman–Crippen MR) is 100 cm³/mol. The Bertz CT molecular complexity index is 1030. The van der Waals surface area contributed by atoms with Gasteiger partial charge in [0.1, 0.15) is 0 Å². The van der Waals surface area contributed by atoms with Crippen molar-refractivity contribution in [2.45, 2.75) is 6.54 Å². The Morgan fingerprint density at radius 3 is 2.76 bits per heavy atom. The molecule has 0 radical (unpaired) electrons. The van der Waals surface area contributed by atoms with Crippen molar-refractivity contribution in [3.05, 3.63) is 83.5 Å². The summed E-state index contributed by atoms with van der Waals surface area (Å²) in [4.78, 5) is 21.1. The number of carbonyl (C=O) groups excluding carboxylic acids is 1. The van der Waals surface area contributed by atoms with Gasteiger partial charge in [-0.2, -0.15) is 0 Å². The Morgan fingerprint density at radius 2 is 1.88 bits per heavy atom. The normalized spacial score (nSPS) is 10.7. The fourth-order valence-corrected chi connectivity index (χ4v) is 3.55. The predicted octanol–water partition coefficient (Wildman–Crippen LogP) is 4.29. The molecular weight excluding hydrogens is 330 g/mol. The molecule has 0 fully saturated rings. The first kappa shape index (κ1) is 15.5. The second-order valence-corrected chi connectivity index (χ2v) is 6.52. The number of aromatic nitrogens is 2. The maximum absolute atomic E-state index is 12.5. The molecule has 0 aliphatic rings. The van der Waals surface area contributed by atoms with Crippen molar-refractivity contribution >= 4 is 27.3 Å². The molecule has 5 heteroatoms. The van der Waals surface area contributed by atoms with Crippen LogP contribution in [0.1, 0.15) is 15.9 Å². The average Bonchev–Trinajstić information content (AvgIpc) is 3.16. The van der Waals surface area contributed by atoms with Crippen molar-refractivity contribution in [1.29, 1.82) is 0 Å². The number of fused-ring (bicyclic) bond motifs is 1. The second kappa shape index (κ2) is 6.83. The zero-order chi connectivity index (χ0) is 17.1. The van der Waals surface area contributed by atoms with Gasteiger partial charge in [0.15, 0.2) is 0 Å². The lowest BCUT2D eigenvalue weighted by atomic mass is 10.1. The van der Waals surface area contributed by atoms with Crippen LogP contribution in [0.15, 0.2) is 72.4 Å². The summed E-state index contributed by atoms with van der Waals surface area (Å²) in [6, 6.07) is 17.4. The van der Waals surface area contributed by atoms with Crippen LogP contribution in [0.4, 0.5) is 0 Å². The Labute approximate surface area is 149 Å². The lowest BCUT2D eigenvalue weighted by Crippen LogP contribution is -2.23. The van der Waals surface area contributed by atoms with E-state index in [1.54, 1.807) is 35.9 Å². The third-order valence-corrected chi connectivity index (χ3v) is 4.86. The number of nitrogens with one attached hydrogen (secondary N) is 1. The topological polar surface area (TPSA) is 54.9 Å². The van der Waals surface area contributed by atoms with Crippen molar-refractivity contribution in [3.8, 4) is 11.4 Å². The molecule has 0 atom stereocenters. The van der Waals surface area contributed by atoms with Gasteiger partial charge in [-0.15, -0.1) is 11.3 Å². The summed E-state index contributed by atoms with van der Waals surface area (Å²) in [7, 11) is 0. The van der Waals surface area contributed by atoms with Crippen LogP contribution in [0, 0.1) is 0 Å². The highest BCUT2D eigenvalue weighted by atomic mass is 32.1. The number of hydrogen-bond donors (Lipinski definition) is 1. The largest absolute Gasteiger partial charge is 0.348 e. The van der Waals surface area contributed by atoms with Gasteiger partial charge in [0.05, 0.1) is 11.4 Å². The Kier molecular flexibility index (Phi) is 4.23. The van der Waals surface area contributed by atoms with Gasteiger partial charge in [-0.1, -0.05) is 18.2 Å². The molecule has 4 nitrogen and oxygen atoms in total. The summed E-state index contributed by atoms with van der Waals surface area (Å²) < 4.78 is 1.23. The van der Waals surface area contributed by atoms with Crippen LogP contribution in [-0.2, 0) is 6.54 Å². The van der Waals surface area contributed by atoms with Gasteiger partial charge >= 0.3 is 0 Å². The zero-order valence-electron chi connectivity index (χ0n) is 13.3. The van der Waals surface area contributed by atoms with Crippen LogP contribution < -0.4 is 5.32 Å². The molecule has 122 valence electrons. The van der Waals surface area contributed by atoms with Gasteiger partial charge in [-0.25, -0.2) is 0 Å². The molecule has 1 amide bonds. The van der Waals surface area contributed by atoms with E-state index in [0.717, 1.165) is 11.3 Å². The molecule has 0 spiro atoms. The first-order valence-electron chi connectivity index (χ1n) is 7.92. The van der Waals surface area contributed by atoms with Crippen molar-refractivity contribution < 1.29 is 4.79 Å². The van der Waals surface area contributed by atoms with E-state index >= 15 is 0 Å². The number of thiophene rings is 1. The molecule has 4 rings (SSSR count). The Morgan fingerprint density at radius 1 is 0.960 bits per heavy atom. The van der Waals surface area contributed by atoms with Crippen molar-refractivity contribution in [2.24, 2.45) is 0 Å². The summed E-state index contributed by atoms with van der Waals surface area (Å²) in [6.45, 7) is 0.494. The van der Waals surface area contributed by atoms with Gasteiger partial charge in [0.2, 0.25) is 0 Å². The van der Waals surface area contributed by atoms with Crippen LogP contribution in [0.5, 0.6) is 0 Å². The third-order valence-electron chi connectivity index (χ3n) is 3.97. The zero-order valence-corrected chi connectivity index (χ0v) is 14.2. The smallest absolute Gasteiger partial charge is 0.251 e. The van der Waals surface area contributed by atoms with Crippen LogP contribution in [0.2, 0.25) is 0 Å². The minimum atomic E-state index is -0.119. The highest BCUT2D eigenvalue weighted by Crippen LogP contribution is 2.24. The van der Waals surface area contributed by atoms with Gasteiger partial charge in [0.25, 0.3) is 5.91 Å². The number of amides is 1. The first-order chi connectivity index (χ1) is 12.3. The van der Waals surface area contributed by atoms with E-state index in [2.05, 4.69) is 32.8 Å². The first-order valence-corrected chi connectivity index (χ1v) is 8.80. The fourth-order valence-electron chi connectivity index (χ4n) is 2.71. The van der Waals surface area contributed by atoms with E-state index < -0.39 is 0 Å². The molecule has 0 saturated carbocycles. The van der Waals surface area contributed by atoms with Crippen LogP contribution >= 0.6 is 11.3 Å². The summed E-state index contributed by atoms with van der Waals surface area (Å²) in [5, 5.41) is 6.25. The number of nitrogens with zero attached hydrogens (tertiary/aromatic N) is 2. The second-order valence-electron chi connectivity index (χ2n) is 5.58. The molecule has 25 heavy (non-hydrogen) atoms. The van der Waals surface area contributed by atoms with Gasteiger partial charge in [0, 0.05) is 29.2 Å². The minimum Gasteiger partial charge on any atom is -0.348 e. The maximum atomic E-state index is 12.5. The summed E-state index contributed by atoms with van der Waals surface area (Å²) in [5.41, 5.74) is 3.13. The summed E-state index contributed by atoms with van der Waals surface area (Å²) >= 11 is 1.70. The van der Waals surface area contributed by atoms with Crippen molar-refractivity contribution in [3.63, 3.8) is 0 Å². The van der Waals surface area contributed by atoms with Gasteiger partial charge in [-0.3, -0.25) is 14.8 Å². The number of rotatable bonds is 4. The van der Waals surface area contributed by atoms with Crippen LogP contribution in [0.25, 0.3) is 21.5 Å². The van der Waals surface area contributed by atoms with E-state index in [9.17, 15) is 4.79 Å². The third kappa shape index (κ3) is 3.27. The molecule has 3 heterocycles. The number of carbonyl (C=O) groups is 1. The monoisotopic (exact) mass is 345 g/mol. The highest BCUT2D eigenvalue weighted by molar-refractivity contribution is 7.17. The van der Waals surface area contributed by atoms with E-state index in [0.29, 0.717) is 17.8 Å². The minimum absolute atomic E-state index is 0.119. The average molecular weight is 345 g/mol. The molecule has 0 saturated heterocycles. The SMILES string of the molecule is O=C(NCc1cccc2sccc12)c1ccnc(-c2ccccn2)c1. The van der Waals surface area contributed by atoms with E-state index in [1.807, 2.05) is 30.3 Å². The Hall–Kier alpha value is -3.05. The molecule has 0 bridgehead atoms. The summed E-state index contributed by atoms with van der Waals surface area (Å²) in [6.07, 6.45) is 3.35. The Balaban J connectivity index is 1.53. The molecule has 0 aliphatic heterocycles. The quantitative estimate of drug-likeness (QED) is 0.600. The molecule has 1 aromatic carbocycles. The molecule has 0 unspecified atom stereocenters. The maximum Gasteiger partial charge on any atom is 0.251 e. The van der Waals surface area contributed by atoms with E-state index in [1.165, 1.54) is 10.1 Å². The molecule has 3 aromatic heterocycles. The summed E-state index contributed by atoms with van der Waals surface area (Å²) in [5.74, 6) is -0.119. The number of benzene rings is 1. The number of hydrogen-bond acceptors (Lipinski definition) is 4. The van der Waals surface area contributed by atoms with Gasteiger partial charge < -0.3 is 5.32 Å². The molecule has 0 aliphatic carbocycles. The van der Waals surface area contributed by atoms with Crippen molar-refractivity contribution in [2.75, 3.05) is 0 Å².